The van der Waals surface area contributed by atoms with Crippen LogP contribution in [0.15, 0.2) is 12.1 Å². The summed E-state index contributed by atoms with van der Waals surface area (Å²) in [6.45, 7) is 7.60. The standard InChI is InChI=1S/C17H25NO4/c1-6-11(3)16(17(20)21)18-15(19)9-13-12(4)7-10(2)8-14(13)22-5/h7-8,11,16H,6,9H2,1-5H3,(H,18,19)(H,20,21). The number of carbonyl (C=O) groups is 2. The highest BCUT2D eigenvalue weighted by atomic mass is 16.5. The van der Waals surface area contributed by atoms with Gasteiger partial charge in [0.25, 0.3) is 0 Å². The van der Waals surface area contributed by atoms with Gasteiger partial charge in [-0.05, 0) is 37.0 Å². The molecule has 1 rings (SSSR count). The van der Waals surface area contributed by atoms with Gasteiger partial charge in [0.05, 0.1) is 13.5 Å². The fourth-order valence-electron chi connectivity index (χ4n) is 2.44. The van der Waals surface area contributed by atoms with Gasteiger partial charge in [0, 0.05) is 5.56 Å². The van der Waals surface area contributed by atoms with Gasteiger partial charge in [0.2, 0.25) is 5.91 Å². The van der Waals surface area contributed by atoms with Gasteiger partial charge in [-0.25, -0.2) is 4.79 Å². The van der Waals surface area contributed by atoms with Crippen LogP contribution in [0.4, 0.5) is 0 Å². The van der Waals surface area contributed by atoms with Crippen molar-refractivity contribution in [3.05, 3.63) is 28.8 Å². The number of amides is 1. The lowest BCUT2D eigenvalue weighted by atomic mass is 9.98. The number of carbonyl (C=O) groups excluding carboxylic acids is 1. The first-order valence-corrected chi connectivity index (χ1v) is 7.46. The molecule has 0 aromatic heterocycles. The van der Waals surface area contributed by atoms with Crippen LogP contribution in [0.25, 0.3) is 0 Å². The Morgan fingerprint density at radius 1 is 1.32 bits per heavy atom. The number of rotatable bonds is 7. The molecular weight excluding hydrogens is 282 g/mol. The van der Waals surface area contributed by atoms with Crippen LogP contribution < -0.4 is 10.1 Å². The Bertz CT molecular complexity index is 554. The molecule has 0 spiro atoms. The summed E-state index contributed by atoms with van der Waals surface area (Å²) in [5.41, 5.74) is 2.81. The molecule has 0 saturated heterocycles. The lowest BCUT2D eigenvalue weighted by molar-refractivity contribution is -0.143. The quantitative estimate of drug-likeness (QED) is 0.811. The SMILES string of the molecule is CCC(C)C(NC(=O)Cc1c(C)cc(C)cc1OC)C(=O)O. The summed E-state index contributed by atoms with van der Waals surface area (Å²) in [5, 5.41) is 11.9. The van der Waals surface area contributed by atoms with Crippen molar-refractivity contribution in [2.24, 2.45) is 5.92 Å². The monoisotopic (exact) mass is 307 g/mol. The Morgan fingerprint density at radius 2 is 1.95 bits per heavy atom. The topological polar surface area (TPSA) is 75.6 Å². The number of hydrogen-bond donors (Lipinski definition) is 2. The average molecular weight is 307 g/mol. The molecule has 1 aromatic carbocycles. The largest absolute Gasteiger partial charge is 0.496 e. The number of nitrogens with one attached hydrogen (secondary N) is 1. The number of aliphatic carboxylic acids is 1. The predicted molar refractivity (Wildman–Crippen MR) is 85.2 cm³/mol. The third-order valence-corrected chi connectivity index (χ3v) is 3.93. The van der Waals surface area contributed by atoms with Crippen LogP contribution in [0.5, 0.6) is 5.75 Å². The molecule has 5 nitrogen and oxygen atoms in total. The highest BCUT2D eigenvalue weighted by Gasteiger charge is 2.25. The van der Waals surface area contributed by atoms with E-state index in [1.54, 1.807) is 7.11 Å². The summed E-state index contributed by atoms with van der Waals surface area (Å²) < 4.78 is 5.33. The molecule has 1 aromatic rings. The third-order valence-electron chi connectivity index (χ3n) is 3.93. The molecule has 122 valence electrons. The highest BCUT2D eigenvalue weighted by molar-refractivity contribution is 5.85. The average Bonchev–Trinajstić information content (AvgIpc) is 2.46. The van der Waals surface area contributed by atoms with Gasteiger partial charge in [0.15, 0.2) is 0 Å². The van der Waals surface area contributed by atoms with E-state index in [0.717, 1.165) is 16.7 Å². The summed E-state index contributed by atoms with van der Waals surface area (Å²) in [6, 6.07) is 2.99. The maximum Gasteiger partial charge on any atom is 0.326 e. The Hall–Kier alpha value is -2.04. The minimum Gasteiger partial charge on any atom is -0.496 e. The van der Waals surface area contributed by atoms with Crippen LogP contribution in [0.1, 0.15) is 37.0 Å². The molecular formula is C17H25NO4. The van der Waals surface area contributed by atoms with E-state index >= 15 is 0 Å². The van der Waals surface area contributed by atoms with E-state index in [9.17, 15) is 14.7 Å². The van der Waals surface area contributed by atoms with E-state index in [2.05, 4.69) is 5.32 Å². The number of aryl methyl sites for hydroxylation is 2. The molecule has 0 radical (unpaired) electrons. The first-order valence-electron chi connectivity index (χ1n) is 7.46. The molecule has 0 aliphatic carbocycles. The second kappa shape index (κ2) is 7.82. The molecule has 22 heavy (non-hydrogen) atoms. The van der Waals surface area contributed by atoms with Crippen LogP contribution >= 0.6 is 0 Å². The van der Waals surface area contributed by atoms with Gasteiger partial charge in [-0.15, -0.1) is 0 Å². The Morgan fingerprint density at radius 3 is 2.45 bits per heavy atom. The second-order valence-electron chi connectivity index (χ2n) is 5.71. The molecule has 2 N–H and O–H groups in total. The van der Waals surface area contributed by atoms with E-state index in [1.165, 1.54) is 0 Å². The highest BCUT2D eigenvalue weighted by Crippen LogP contribution is 2.24. The lowest BCUT2D eigenvalue weighted by Crippen LogP contribution is -2.45. The van der Waals surface area contributed by atoms with Crippen LogP contribution in [0, 0.1) is 19.8 Å². The third kappa shape index (κ3) is 4.48. The van der Waals surface area contributed by atoms with E-state index in [0.29, 0.717) is 12.2 Å². The lowest BCUT2D eigenvalue weighted by Gasteiger charge is -2.21. The zero-order valence-electron chi connectivity index (χ0n) is 13.9. The molecule has 0 bridgehead atoms. The van der Waals surface area contributed by atoms with Crippen molar-refractivity contribution in [3.8, 4) is 5.75 Å². The first-order chi connectivity index (χ1) is 10.3. The Labute approximate surface area is 131 Å². The smallest absolute Gasteiger partial charge is 0.326 e. The van der Waals surface area contributed by atoms with E-state index in [4.69, 9.17) is 4.74 Å². The maximum atomic E-state index is 12.2. The van der Waals surface area contributed by atoms with Crippen molar-refractivity contribution in [3.63, 3.8) is 0 Å². The number of ether oxygens (including phenoxy) is 1. The molecule has 5 heteroatoms. The summed E-state index contributed by atoms with van der Waals surface area (Å²) in [5.74, 6) is -0.779. The zero-order chi connectivity index (χ0) is 16.9. The molecule has 2 unspecified atom stereocenters. The fourth-order valence-corrected chi connectivity index (χ4v) is 2.44. The number of carboxylic acid groups (broad SMARTS) is 1. The molecule has 0 saturated carbocycles. The normalized spacial score (nSPS) is 13.3. The minimum absolute atomic E-state index is 0.107. The molecule has 0 aliphatic heterocycles. The van der Waals surface area contributed by atoms with Crippen LogP contribution in [0.2, 0.25) is 0 Å². The van der Waals surface area contributed by atoms with Crippen molar-refractivity contribution in [2.45, 2.75) is 46.6 Å². The predicted octanol–water partition coefficient (Wildman–Crippen LogP) is 2.47. The van der Waals surface area contributed by atoms with E-state index in [-0.39, 0.29) is 18.2 Å². The van der Waals surface area contributed by atoms with Gasteiger partial charge < -0.3 is 15.2 Å². The van der Waals surface area contributed by atoms with Crippen molar-refractivity contribution in [1.82, 2.24) is 5.32 Å². The molecule has 0 aliphatic rings. The summed E-state index contributed by atoms with van der Waals surface area (Å²) in [6.07, 6.45) is 0.791. The molecule has 0 fully saturated rings. The van der Waals surface area contributed by atoms with Crippen molar-refractivity contribution >= 4 is 11.9 Å². The fraction of sp³-hybridized carbons (Fsp3) is 0.529. The first kappa shape index (κ1) is 18.0. The summed E-state index contributed by atoms with van der Waals surface area (Å²) in [7, 11) is 1.56. The van der Waals surface area contributed by atoms with Crippen LogP contribution in [0.3, 0.4) is 0 Å². The van der Waals surface area contributed by atoms with Crippen molar-refractivity contribution < 1.29 is 19.4 Å². The maximum absolute atomic E-state index is 12.2. The molecule has 1 amide bonds. The van der Waals surface area contributed by atoms with E-state index in [1.807, 2.05) is 39.8 Å². The Balaban J connectivity index is 2.91. The minimum atomic E-state index is -1.00. The zero-order valence-corrected chi connectivity index (χ0v) is 13.9. The van der Waals surface area contributed by atoms with E-state index < -0.39 is 12.0 Å². The Kier molecular flexibility index (Phi) is 6.40. The van der Waals surface area contributed by atoms with Gasteiger partial charge in [-0.1, -0.05) is 26.3 Å². The number of benzene rings is 1. The number of hydrogen-bond acceptors (Lipinski definition) is 3. The van der Waals surface area contributed by atoms with Crippen LogP contribution in [-0.4, -0.2) is 30.1 Å². The second-order valence-corrected chi connectivity index (χ2v) is 5.71. The molecule has 0 heterocycles. The van der Waals surface area contributed by atoms with Crippen molar-refractivity contribution in [1.29, 1.82) is 0 Å². The van der Waals surface area contributed by atoms with Crippen LogP contribution in [-0.2, 0) is 16.0 Å². The van der Waals surface area contributed by atoms with Crippen molar-refractivity contribution in [2.75, 3.05) is 7.11 Å². The van der Waals surface area contributed by atoms with Gasteiger partial charge >= 0.3 is 5.97 Å². The molecule has 2 atom stereocenters. The number of carboxylic acids is 1. The summed E-state index contributed by atoms with van der Waals surface area (Å²) >= 11 is 0. The number of methoxy groups -OCH3 is 1. The van der Waals surface area contributed by atoms with Gasteiger partial charge in [0.1, 0.15) is 11.8 Å². The van der Waals surface area contributed by atoms with Gasteiger partial charge in [-0.3, -0.25) is 4.79 Å². The summed E-state index contributed by atoms with van der Waals surface area (Å²) in [4.78, 5) is 23.5. The van der Waals surface area contributed by atoms with Gasteiger partial charge in [-0.2, -0.15) is 0 Å².